The molecule has 1 atom stereocenters. The standard InChI is InChI=1S/C18H24O/c1-4-15(2)18(19)14-10-5-7-11-16(3)17-12-8-6-9-13-17/h5-9,11-13,15H,4,10,14H2,1-3H3/b7-5+,16-11-. The van der Waals surface area contributed by atoms with Crippen molar-refractivity contribution in [2.75, 3.05) is 0 Å². The van der Waals surface area contributed by atoms with E-state index in [1.807, 2.05) is 31.2 Å². The Balaban J connectivity index is 2.40. The number of hydrogen-bond acceptors (Lipinski definition) is 1. The van der Waals surface area contributed by atoms with Gasteiger partial charge in [0.25, 0.3) is 0 Å². The number of benzene rings is 1. The largest absolute Gasteiger partial charge is 0.299 e. The minimum Gasteiger partial charge on any atom is -0.299 e. The van der Waals surface area contributed by atoms with E-state index in [1.165, 1.54) is 11.1 Å². The maximum absolute atomic E-state index is 11.6. The minimum absolute atomic E-state index is 0.204. The molecule has 102 valence electrons. The highest BCUT2D eigenvalue weighted by Gasteiger charge is 2.08. The van der Waals surface area contributed by atoms with E-state index in [0.29, 0.717) is 12.2 Å². The van der Waals surface area contributed by atoms with Crippen molar-refractivity contribution in [3.05, 3.63) is 54.1 Å². The molecule has 0 bridgehead atoms. The van der Waals surface area contributed by atoms with Gasteiger partial charge < -0.3 is 0 Å². The molecule has 0 aliphatic heterocycles. The van der Waals surface area contributed by atoms with E-state index in [0.717, 1.165) is 12.8 Å². The van der Waals surface area contributed by atoms with Gasteiger partial charge in [0.05, 0.1) is 0 Å². The lowest BCUT2D eigenvalue weighted by Crippen LogP contribution is -2.08. The molecule has 1 aromatic carbocycles. The first-order chi connectivity index (χ1) is 9.15. The van der Waals surface area contributed by atoms with E-state index >= 15 is 0 Å². The molecule has 0 amide bonds. The first kappa shape index (κ1) is 15.4. The van der Waals surface area contributed by atoms with Crippen molar-refractivity contribution < 1.29 is 4.79 Å². The zero-order chi connectivity index (χ0) is 14.1. The molecule has 0 saturated carbocycles. The quantitative estimate of drug-likeness (QED) is 0.624. The Morgan fingerprint density at radius 3 is 2.58 bits per heavy atom. The molecule has 0 aliphatic rings. The highest BCUT2D eigenvalue weighted by atomic mass is 16.1. The van der Waals surface area contributed by atoms with Gasteiger partial charge in [-0.15, -0.1) is 0 Å². The van der Waals surface area contributed by atoms with Crippen molar-refractivity contribution in [3.8, 4) is 0 Å². The van der Waals surface area contributed by atoms with Gasteiger partial charge in [0.2, 0.25) is 0 Å². The maximum atomic E-state index is 11.6. The highest BCUT2D eigenvalue weighted by molar-refractivity contribution is 5.80. The number of hydrogen-bond donors (Lipinski definition) is 0. The lowest BCUT2D eigenvalue weighted by molar-refractivity contribution is -0.122. The van der Waals surface area contributed by atoms with Crippen LogP contribution in [0.1, 0.15) is 45.6 Å². The Bertz CT molecular complexity index is 440. The molecular weight excluding hydrogens is 232 g/mol. The summed E-state index contributed by atoms with van der Waals surface area (Å²) in [5.41, 5.74) is 2.48. The zero-order valence-corrected chi connectivity index (χ0v) is 12.2. The molecule has 1 unspecified atom stereocenters. The second-order valence-corrected chi connectivity index (χ2v) is 4.96. The molecule has 1 rings (SSSR count). The monoisotopic (exact) mass is 256 g/mol. The van der Waals surface area contributed by atoms with Gasteiger partial charge in [-0.3, -0.25) is 4.79 Å². The van der Waals surface area contributed by atoms with Crippen LogP contribution in [0, 0.1) is 5.92 Å². The lowest BCUT2D eigenvalue weighted by atomic mass is 10.00. The third kappa shape index (κ3) is 5.69. The third-order valence-corrected chi connectivity index (χ3v) is 3.43. The number of ketones is 1. The summed E-state index contributed by atoms with van der Waals surface area (Å²) in [4.78, 5) is 11.6. The third-order valence-electron chi connectivity index (χ3n) is 3.43. The number of rotatable bonds is 7. The average Bonchev–Trinajstić information content (AvgIpc) is 2.46. The fourth-order valence-electron chi connectivity index (χ4n) is 1.81. The molecule has 0 N–H and O–H groups in total. The van der Waals surface area contributed by atoms with Crippen LogP contribution in [0.4, 0.5) is 0 Å². The molecule has 0 saturated heterocycles. The Hall–Kier alpha value is -1.63. The molecule has 1 nitrogen and oxygen atoms in total. The van der Waals surface area contributed by atoms with Gasteiger partial charge in [-0.1, -0.05) is 62.4 Å². The van der Waals surface area contributed by atoms with Crippen LogP contribution in [0.2, 0.25) is 0 Å². The molecule has 0 heterocycles. The van der Waals surface area contributed by atoms with Crippen LogP contribution in [0.15, 0.2) is 48.6 Å². The second kappa shape index (κ2) is 8.47. The summed E-state index contributed by atoms with van der Waals surface area (Å²) in [7, 11) is 0. The van der Waals surface area contributed by atoms with Crippen LogP contribution in [0.3, 0.4) is 0 Å². The topological polar surface area (TPSA) is 17.1 Å². The zero-order valence-electron chi connectivity index (χ0n) is 12.2. The normalized spacial score (nSPS) is 13.7. The molecule has 0 fully saturated rings. The van der Waals surface area contributed by atoms with Crippen molar-refractivity contribution in [1.29, 1.82) is 0 Å². The predicted molar refractivity (Wildman–Crippen MR) is 82.9 cm³/mol. The van der Waals surface area contributed by atoms with Gasteiger partial charge in [0.15, 0.2) is 0 Å². The lowest BCUT2D eigenvalue weighted by Gasteiger charge is -2.04. The van der Waals surface area contributed by atoms with E-state index < -0.39 is 0 Å². The van der Waals surface area contributed by atoms with Crippen LogP contribution in [0.5, 0.6) is 0 Å². The summed E-state index contributed by atoms with van der Waals surface area (Å²) in [6.45, 7) is 6.17. The van der Waals surface area contributed by atoms with Crippen molar-refractivity contribution >= 4 is 11.4 Å². The highest BCUT2D eigenvalue weighted by Crippen LogP contribution is 2.13. The Morgan fingerprint density at radius 1 is 1.26 bits per heavy atom. The molecule has 0 aromatic heterocycles. The molecule has 1 aromatic rings. The van der Waals surface area contributed by atoms with Crippen LogP contribution in [-0.4, -0.2) is 5.78 Å². The molecule has 19 heavy (non-hydrogen) atoms. The Kier molecular flexibility index (Phi) is 6.88. The number of carbonyl (C=O) groups excluding carboxylic acids is 1. The SMILES string of the molecule is CCC(C)C(=O)CC/C=C/C=C(/C)c1ccccc1. The summed E-state index contributed by atoms with van der Waals surface area (Å²) in [5.74, 6) is 0.575. The number of Topliss-reactive ketones (excluding diaryl/α,β-unsaturated/α-hetero) is 1. The predicted octanol–water partition coefficient (Wildman–Crippen LogP) is 5.04. The van der Waals surface area contributed by atoms with E-state index in [2.05, 4.69) is 38.1 Å². The van der Waals surface area contributed by atoms with Crippen molar-refractivity contribution in [2.24, 2.45) is 5.92 Å². The van der Waals surface area contributed by atoms with Gasteiger partial charge >= 0.3 is 0 Å². The van der Waals surface area contributed by atoms with Crippen LogP contribution in [-0.2, 0) is 4.79 Å². The molecule has 0 radical (unpaired) electrons. The number of carbonyl (C=O) groups is 1. The summed E-state index contributed by atoms with van der Waals surface area (Å²) < 4.78 is 0. The molecule has 0 spiro atoms. The van der Waals surface area contributed by atoms with Gasteiger partial charge in [-0.2, -0.15) is 0 Å². The van der Waals surface area contributed by atoms with Gasteiger partial charge in [-0.25, -0.2) is 0 Å². The summed E-state index contributed by atoms with van der Waals surface area (Å²) in [5, 5.41) is 0. The van der Waals surface area contributed by atoms with Crippen LogP contribution in [0.25, 0.3) is 5.57 Å². The van der Waals surface area contributed by atoms with Crippen LogP contribution >= 0.6 is 0 Å². The minimum atomic E-state index is 0.204. The summed E-state index contributed by atoms with van der Waals surface area (Å²) in [6.07, 6.45) is 8.66. The van der Waals surface area contributed by atoms with Gasteiger partial charge in [0.1, 0.15) is 5.78 Å². The molecule has 0 aliphatic carbocycles. The van der Waals surface area contributed by atoms with Crippen LogP contribution < -0.4 is 0 Å². The van der Waals surface area contributed by atoms with Crippen molar-refractivity contribution in [2.45, 2.75) is 40.0 Å². The summed E-state index contributed by atoms with van der Waals surface area (Å²) in [6, 6.07) is 10.3. The fourth-order valence-corrected chi connectivity index (χ4v) is 1.81. The van der Waals surface area contributed by atoms with E-state index in [9.17, 15) is 4.79 Å². The average molecular weight is 256 g/mol. The maximum Gasteiger partial charge on any atom is 0.135 e. The van der Waals surface area contributed by atoms with Gasteiger partial charge in [0, 0.05) is 12.3 Å². The van der Waals surface area contributed by atoms with Crippen molar-refractivity contribution in [1.82, 2.24) is 0 Å². The molecule has 1 heteroatoms. The van der Waals surface area contributed by atoms with E-state index in [4.69, 9.17) is 0 Å². The fraction of sp³-hybridized carbons (Fsp3) is 0.389. The first-order valence-corrected chi connectivity index (χ1v) is 7.06. The smallest absolute Gasteiger partial charge is 0.135 e. The Morgan fingerprint density at radius 2 is 1.95 bits per heavy atom. The van der Waals surface area contributed by atoms with E-state index in [-0.39, 0.29) is 5.92 Å². The second-order valence-electron chi connectivity index (χ2n) is 4.96. The Labute approximate surface area is 117 Å². The number of allylic oxidation sites excluding steroid dienone is 4. The van der Waals surface area contributed by atoms with E-state index in [1.54, 1.807) is 0 Å². The van der Waals surface area contributed by atoms with Crippen molar-refractivity contribution in [3.63, 3.8) is 0 Å². The van der Waals surface area contributed by atoms with Gasteiger partial charge in [-0.05, 0) is 30.9 Å². The first-order valence-electron chi connectivity index (χ1n) is 7.06. The summed E-state index contributed by atoms with van der Waals surface area (Å²) >= 11 is 0. The molecular formula is C18H24O.